The van der Waals surface area contributed by atoms with E-state index in [4.69, 9.17) is 4.74 Å². The predicted octanol–water partition coefficient (Wildman–Crippen LogP) is 2.99. The second-order valence-electron chi connectivity index (χ2n) is 5.65. The van der Waals surface area contributed by atoms with Gasteiger partial charge in [-0.05, 0) is 17.4 Å². The highest BCUT2D eigenvalue weighted by Gasteiger charge is 2.09. The molecule has 0 atom stereocenters. The van der Waals surface area contributed by atoms with Crippen LogP contribution < -0.4 is 5.32 Å². The van der Waals surface area contributed by atoms with E-state index in [0.717, 1.165) is 25.1 Å². The van der Waals surface area contributed by atoms with Crippen molar-refractivity contribution >= 4 is 0 Å². The van der Waals surface area contributed by atoms with E-state index in [1.165, 1.54) is 0 Å². The van der Waals surface area contributed by atoms with Gasteiger partial charge >= 0.3 is 0 Å². The molecule has 0 aliphatic heterocycles. The van der Waals surface area contributed by atoms with Crippen molar-refractivity contribution in [1.82, 2.24) is 5.32 Å². The molecule has 0 radical (unpaired) electrons. The van der Waals surface area contributed by atoms with Gasteiger partial charge in [-0.25, -0.2) is 0 Å². The lowest BCUT2D eigenvalue weighted by Crippen LogP contribution is -2.26. The molecule has 0 heterocycles. The molecule has 0 amide bonds. The van der Waals surface area contributed by atoms with Crippen LogP contribution in [0.1, 0.15) is 41.0 Å². The van der Waals surface area contributed by atoms with Crippen LogP contribution in [0.5, 0.6) is 0 Å². The van der Waals surface area contributed by atoms with E-state index < -0.39 is 0 Å². The Labute approximate surface area is 95.1 Å². The summed E-state index contributed by atoms with van der Waals surface area (Å²) in [5.41, 5.74) is 1.48. The van der Waals surface area contributed by atoms with Gasteiger partial charge in [0.15, 0.2) is 0 Å². The monoisotopic (exact) mass is 213 g/mol. The van der Waals surface area contributed by atoms with Gasteiger partial charge in [0.05, 0.1) is 6.61 Å². The van der Waals surface area contributed by atoms with Crippen LogP contribution in [0, 0.1) is 5.41 Å². The molecule has 15 heavy (non-hydrogen) atoms. The molecule has 0 unspecified atom stereocenters. The van der Waals surface area contributed by atoms with E-state index in [-0.39, 0.29) is 0 Å². The first kappa shape index (κ1) is 14.7. The standard InChI is InChI=1S/C13H27NO/c1-11(2)14-9-12(3)10-15-8-7-13(4,5)6/h11,14H,3,7-10H2,1-2,4-6H3. The molecule has 0 aromatic rings. The maximum Gasteiger partial charge on any atom is 0.0686 e. The largest absolute Gasteiger partial charge is 0.377 e. The van der Waals surface area contributed by atoms with Crippen LogP contribution >= 0.6 is 0 Å². The Morgan fingerprint density at radius 3 is 2.40 bits per heavy atom. The van der Waals surface area contributed by atoms with Gasteiger partial charge in [-0.3, -0.25) is 0 Å². The van der Waals surface area contributed by atoms with E-state index in [9.17, 15) is 0 Å². The van der Waals surface area contributed by atoms with Gasteiger partial charge < -0.3 is 10.1 Å². The lowest BCUT2D eigenvalue weighted by Gasteiger charge is -2.18. The fourth-order valence-corrected chi connectivity index (χ4v) is 0.994. The third-order valence-electron chi connectivity index (χ3n) is 2.06. The van der Waals surface area contributed by atoms with Gasteiger partial charge in [0.1, 0.15) is 0 Å². The second-order valence-corrected chi connectivity index (χ2v) is 5.65. The minimum absolute atomic E-state index is 0.359. The topological polar surface area (TPSA) is 21.3 Å². The summed E-state index contributed by atoms with van der Waals surface area (Å²) in [6, 6.07) is 0.510. The molecule has 0 aromatic heterocycles. The van der Waals surface area contributed by atoms with Crippen LogP contribution in [0.15, 0.2) is 12.2 Å². The molecule has 2 nitrogen and oxygen atoms in total. The lowest BCUT2D eigenvalue weighted by atomic mass is 9.93. The molecule has 0 aliphatic carbocycles. The summed E-state index contributed by atoms with van der Waals surface area (Å²) in [5.74, 6) is 0. The van der Waals surface area contributed by atoms with Crippen LogP contribution in [0.4, 0.5) is 0 Å². The van der Waals surface area contributed by atoms with Crippen LogP contribution in [0.3, 0.4) is 0 Å². The van der Waals surface area contributed by atoms with E-state index in [1.807, 2.05) is 0 Å². The molecule has 0 aromatic carbocycles. The first-order chi connectivity index (χ1) is 6.81. The first-order valence-electron chi connectivity index (χ1n) is 5.79. The van der Waals surface area contributed by atoms with Gasteiger partial charge in [-0.1, -0.05) is 41.2 Å². The Kier molecular flexibility index (Phi) is 6.86. The highest BCUT2D eigenvalue weighted by Crippen LogP contribution is 2.17. The maximum atomic E-state index is 5.56. The quantitative estimate of drug-likeness (QED) is 0.518. The fraction of sp³-hybridized carbons (Fsp3) is 0.846. The van der Waals surface area contributed by atoms with Gasteiger partial charge in [-0.15, -0.1) is 0 Å². The van der Waals surface area contributed by atoms with E-state index in [2.05, 4.69) is 46.5 Å². The summed E-state index contributed by atoms with van der Waals surface area (Å²) in [4.78, 5) is 0. The number of ether oxygens (including phenoxy) is 1. The van der Waals surface area contributed by atoms with Gasteiger partial charge in [0, 0.05) is 19.2 Å². The predicted molar refractivity (Wildman–Crippen MR) is 67.2 cm³/mol. The molecule has 0 saturated carbocycles. The molecule has 0 aliphatic rings. The summed E-state index contributed by atoms with van der Waals surface area (Å²) in [5, 5.41) is 3.32. The molecule has 0 saturated heterocycles. The average Bonchev–Trinajstić information content (AvgIpc) is 2.07. The Morgan fingerprint density at radius 1 is 1.33 bits per heavy atom. The van der Waals surface area contributed by atoms with Crippen LogP contribution in [0.25, 0.3) is 0 Å². The fourth-order valence-electron chi connectivity index (χ4n) is 0.994. The van der Waals surface area contributed by atoms with Crippen molar-refractivity contribution in [2.24, 2.45) is 5.41 Å². The van der Waals surface area contributed by atoms with Crippen molar-refractivity contribution in [1.29, 1.82) is 0 Å². The zero-order valence-electron chi connectivity index (χ0n) is 11.0. The lowest BCUT2D eigenvalue weighted by molar-refractivity contribution is 0.125. The molecule has 0 spiro atoms. The van der Waals surface area contributed by atoms with Crippen LogP contribution in [-0.2, 0) is 4.74 Å². The van der Waals surface area contributed by atoms with Gasteiger partial charge in [0.25, 0.3) is 0 Å². The van der Waals surface area contributed by atoms with Crippen LogP contribution in [-0.4, -0.2) is 25.8 Å². The minimum Gasteiger partial charge on any atom is -0.377 e. The molecule has 0 rings (SSSR count). The smallest absolute Gasteiger partial charge is 0.0686 e. The maximum absolute atomic E-state index is 5.56. The van der Waals surface area contributed by atoms with Crippen molar-refractivity contribution in [3.8, 4) is 0 Å². The van der Waals surface area contributed by atoms with Crippen molar-refractivity contribution in [2.45, 2.75) is 47.1 Å². The zero-order valence-corrected chi connectivity index (χ0v) is 11.0. The number of rotatable bonds is 7. The third-order valence-corrected chi connectivity index (χ3v) is 2.06. The van der Waals surface area contributed by atoms with E-state index >= 15 is 0 Å². The molecular weight excluding hydrogens is 186 g/mol. The highest BCUT2D eigenvalue weighted by atomic mass is 16.5. The SMILES string of the molecule is C=C(CNC(C)C)COCCC(C)(C)C. The summed E-state index contributed by atoms with van der Waals surface area (Å²) >= 11 is 0. The van der Waals surface area contributed by atoms with Crippen molar-refractivity contribution < 1.29 is 4.74 Å². The molecule has 0 fully saturated rings. The Bertz CT molecular complexity index is 179. The summed E-state index contributed by atoms with van der Waals surface area (Å²) < 4.78 is 5.56. The van der Waals surface area contributed by atoms with Crippen molar-refractivity contribution in [3.05, 3.63) is 12.2 Å². The normalized spacial score (nSPS) is 12.1. The third kappa shape index (κ3) is 11.6. The zero-order chi connectivity index (χ0) is 11.9. The summed E-state index contributed by atoms with van der Waals surface area (Å²) in [6.07, 6.45) is 1.10. The van der Waals surface area contributed by atoms with Crippen molar-refractivity contribution in [3.63, 3.8) is 0 Å². The summed E-state index contributed by atoms with van der Waals surface area (Å²) in [7, 11) is 0. The summed E-state index contributed by atoms with van der Waals surface area (Å²) in [6.45, 7) is 17.3. The molecule has 2 heteroatoms. The van der Waals surface area contributed by atoms with E-state index in [0.29, 0.717) is 18.1 Å². The van der Waals surface area contributed by atoms with Crippen LogP contribution in [0.2, 0.25) is 0 Å². The highest BCUT2D eigenvalue weighted by molar-refractivity contribution is 4.97. The van der Waals surface area contributed by atoms with E-state index in [1.54, 1.807) is 0 Å². The Morgan fingerprint density at radius 2 is 1.93 bits per heavy atom. The van der Waals surface area contributed by atoms with Gasteiger partial charge in [-0.2, -0.15) is 0 Å². The Hall–Kier alpha value is -0.340. The number of nitrogens with one attached hydrogen (secondary N) is 1. The Balaban J connectivity index is 3.40. The molecular formula is C13H27NO. The van der Waals surface area contributed by atoms with Crippen molar-refractivity contribution in [2.75, 3.05) is 19.8 Å². The molecule has 0 bridgehead atoms. The molecule has 1 N–H and O–H groups in total. The number of hydrogen-bond acceptors (Lipinski definition) is 2. The molecule has 90 valence electrons. The second kappa shape index (κ2) is 7.02. The average molecular weight is 213 g/mol. The number of hydrogen-bond donors (Lipinski definition) is 1. The first-order valence-corrected chi connectivity index (χ1v) is 5.79. The minimum atomic E-state index is 0.359. The van der Waals surface area contributed by atoms with Gasteiger partial charge in [0.2, 0.25) is 0 Å².